The smallest absolute Gasteiger partial charge is 0.0696 e. The van der Waals surface area contributed by atoms with E-state index in [2.05, 4.69) is 10.4 Å². The first-order valence-corrected chi connectivity index (χ1v) is 3.34. The van der Waals surface area contributed by atoms with Crippen LogP contribution in [0, 0.1) is 0 Å². The van der Waals surface area contributed by atoms with Crippen molar-refractivity contribution in [1.29, 1.82) is 0 Å². The topological polar surface area (TPSA) is 71.2 Å². The van der Waals surface area contributed by atoms with Crippen molar-refractivity contribution in [3.8, 4) is 0 Å². The number of hydrogen-bond acceptors (Lipinski definition) is 4. The quantitative estimate of drug-likeness (QED) is 0.406. The van der Waals surface area contributed by atoms with E-state index >= 15 is 0 Å². The van der Waals surface area contributed by atoms with E-state index < -0.39 is 0 Å². The van der Waals surface area contributed by atoms with E-state index in [4.69, 9.17) is 10.9 Å². The third-order valence-corrected chi connectivity index (χ3v) is 1.34. The minimum Gasteiger partial charge on any atom is -0.392 e. The summed E-state index contributed by atoms with van der Waals surface area (Å²) in [6.45, 7) is 0.590. The largest absolute Gasteiger partial charge is 0.392 e. The first-order valence-electron chi connectivity index (χ1n) is 3.34. The molecule has 0 saturated heterocycles. The van der Waals surface area contributed by atoms with Gasteiger partial charge in [0, 0.05) is 18.9 Å². The van der Waals surface area contributed by atoms with Crippen LogP contribution in [0.5, 0.6) is 0 Å². The van der Waals surface area contributed by atoms with Crippen molar-refractivity contribution < 1.29 is 5.11 Å². The van der Waals surface area contributed by atoms with Crippen LogP contribution in [-0.2, 0) is 13.2 Å². The van der Waals surface area contributed by atoms with Gasteiger partial charge in [0.15, 0.2) is 0 Å². The molecule has 0 saturated carbocycles. The molecule has 0 fully saturated rings. The van der Waals surface area contributed by atoms with Crippen LogP contribution in [0.1, 0.15) is 11.1 Å². The van der Waals surface area contributed by atoms with Crippen LogP contribution in [0.25, 0.3) is 0 Å². The predicted molar refractivity (Wildman–Crippen MR) is 41.2 cm³/mol. The number of hydrazine groups is 1. The van der Waals surface area contributed by atoms with E-state index in [1.807, 2.05) is 6.07 Å². The molecule has 0 bridgehead atoms. The third kappa shape index (κ3) is 2.27. The molecule has 1 aromatic rings. The lowest BCUT2D eigenvalue weighted by Crippen LogP contribution is -2.20. The van der Waals surface area contributed by atoms with Crippen LogP contribution >= 0.6 is 0 Å². The van der Waals surface area contributed by atoms with Gasteiger partial charge in [0.05, 0.1) is 6.61 Å². The Morgan fingerprint density at radius 3 is 2.82 bits per heavy atom. The zero-order chi connectivity index (χ0) is 8.10. The van der Waals surface area contributed by atoms with Crippen LogP contribution < -0.4 is 11.3 Å². The molecule has 4 N–H and O–H groups in total. The van der Waals surface area contributed by atoms with Crippen LogP contribution in [-0.4, -0.2) is 10.1 Å². The first-order chi connectivity index (χ1) is 5.36. The molecule has 0 radical (unpaired) electrons. The fraction of sp³-hybridized carbons (Fsp3) is 0.286. The van der Waals surface area contributed by atoms with E-state index in [-0.39, 0.29) is 6.61 Å². The standard InChI is InChI=1S/C7H11N3O/c8-10-4-6-1-7(5-11)3-9-2-6/h1-3,10-11H,4-5,8H2. The number of nitrogens with two attached hydrogens (primary N) is 1. The average Bonchev–Trinajstić information content (AvgIpc) is 2.06. The van der Waals surface area contributed by atoms with E-state index in [1.165, 1.54) is 0 Å². The molecule has 0 spiro atoms. The van der Waals surface area contributed by atoms with Gasteiger partial charge < -0.3 is 5.11 Å². The van der Waals surface area contributed by atoms with Gasteiger partial charge in [-0.3, -0.25) is 16.3 Å². The molecule has 11 heavy (non-hydrogen) atoms. The Kier molecular flexibility index (Phi) is 2.97. The molecule has 4 nitrogen and oxygen atoms in total. The Balaban J connectivity index is 2.74. The molecular weight excluding hydrogens is 142 g/mol. The monoisotopic (exact) mass is 153 g/mol. The molecule has 0 aliphatic carbocycles. The van der Waals surface area contributed by atoms with Crippen molar-refractivity contribution in [2.75, 3.05) is 0 Å². The maximum atomic E-state index is 8.74. The summed E-state index contributed by atoms with van der Waals surface area (Å²) in [5, 5.41) is 8.74. The molecule has 0 unspecified atom stereocenters. The number of hydrogen-bond donors (Lipinski definition) is 3. The van der Waals surface area contributed by atoms with Crippen molar-refractivity contribution >= 4 is 0 Å². The van der Waals surface area contributed by atoms with E-state index in [9.17, 15) is 0 Å². The number of pyridine rings is 1. The van der Waals surface area contributed by atoms with Gasteiger partial charge >= 0.3 is 0 Å². The van der Waals surface area contributed by atoms with Gasteiger partial charge in [-0.25, -0.2) is 0 Å². The highest BCUT2D eigenvalue weighted by Crippen LogP contribution is 2.01. The third-order valence-electron chi connectivity index (χ3n) is 1.34. The minimum atomic E-state index is 0.0193. The van der Waals surface area contributed by atoms with Gasteiger partial charge in [0.2, 0.25) is 0 Å². The second-order valence-corrected chi connectivity index (χ2v) is 2.24. The number of nitrogens with one attached hydrogen (secondary N) is 1. The molecule has 1 heterocycles. The summed E-state index contributed by atoms with van der Waals surface area (Å²) in [4.78, 5) is 3.92. The summed E-state index contributed by atoms with van der Waals surface area (Å²) < 4.78 is 0. The fourth-order valence-corrected chi connectivity index (χ4v) is 0.842. The van der Waals surface area contributed by atoms with Gasteiger partial charge in [-0.2, -0.15) is 0 Å². The fourth-order valence-electron chi connectivity index (χ4n) is 0.842. The zero-order valence-corrected chi connectivity index (χ0v) is 6.12. The van der Waals surface area contributed by atoms with Crippen LogP contribution in [0.3, 0.4) is 0 Å². The van der Waals surface area contributed by atoms with Crippen molar-refractivity contribution in [1.82, 2.24) is 10.4 Å². The molecule has 0 aliphatic heterocycles. The lowest BCUT2D eigenvalue weighted by Gasteiger charge is -2.00. The van der Waals surface area contributed by atoms with Gasteiger partial charge in [-0.1, -0.05) is 0 Å². The van der Waals surface area contributed by atoms with Gasteiger partial charge in [-0.15, -0.1) is 0 Å². The van der Waals surface area contributed by atoms with E-state index in [0.29, 0.717) is 6.54 Å². The summed E-state index contributed by atoms with van der Waals surface area (Å²) >= 11 is 0. The predicted octanol–water partition coefficient (Wildman–Crippen LogP) is -0.463. The lowest BCUT2D eigenvalue weighted by atomic mass is 10.2. The lowest BCUT2D eigenvalue weighted by molar-refractivity contribution is 0.281. The Bertz CT molecular complexity index is 227. The van der Waals surface area contributed by atoms with E-state index in [0.717, 1.165) is 11.1 Å². The molecule has 1 aromatic heterocycles. The molecule has 0 aromatic carbocycles. The highest BCUT2D eigenvalue weighted by Gasteiger charge is 1.93. The Morgan fingerprint density at radius 1 is 1.45 bits per heavy atom. The van der Waals surface area contributed by atoms with Crippen LogP contribution in [0.4, 0.5) is 0 Å². The molecule has 60 valence electrons. The van der Waals surface area contributed by atoms with Gasteiger partial charge in [0.25, 0.3) is 0 Å². The number of rotatable bonds is 3. The van der Waals surface area contributed by atoms with Crippen molar-refractivity contribution in [2.45, 2.75) is 13.2 Å². The highest BCUT2D eigenvalue weighted by molar-refractivity contribution is 5.16. The molecule has 1 rings (SSSR count). The average molecular weight is 153 g/mol. The van der Waals surface area contributed by atoms with Crippen molar-refractivity contribution in [3.05, 3.63) is 29.6 Å². The second kappa shape index (κ2) is 4.02. The maximum absolute atomic E-state index is 8.74. The summed E-state index contributed by atoms with van der Waals surface area (Å²) in [5.41, 5.74) is 4.29. The maximum Gasteiger partial charge on any atom is 0.0696 e. The van der Waals surface area contributed by atoms with Gasteiger partial charge in [0.1, 0.15) is 0 Å². The number of aromatic nitrogens is 1. The van der Waals surface area contributed by atoms with Crippen molar-refractivity contribution in [3.63, 3.8) is 0 Å². The van der Waals surface area contributed by atoms with E-state index in [1.54, 1.807) is 12.4 Å². The number of nitrogens with zero attached hydrogens (tertiary/aromatic N) is 1. The Hall–Kier alpha value is -0.970. The Labute approximate surface area is 65.0 Å². The SMILES string of the molecule is NNCc1cncc(CO)c1. The summed E-state index contributed by atoms with van der Waals surface area (Å²) in [6.07, 6.45) is 3.33. The molecular formula is C7H11N3O. The normalized spacial score (nSPS) is 10.0. The number of aliphatic hydroxyl groups excluding tert-OH is 1. The highest BCUT2D eigenvalue weighted by atomic mass is 16.3. The number of aliphatic hydroxyl groups is 1. The zero-order valence-electron chi connectivity index (χ0n) is 6.12. The Morgan fingerprint density at radius 2 is 2.18 bits per heavy atom. The molecule has 0 aliphatic rings. The molecule has 0 amide bonds. The van der Waals surface area contributed by atoms with Crippen molar-refractivity contribution in [2.24, 2.45) is 5.84 Å². The van der Waals surface area contributed by atoms with Crippen LogP contribution in [0.15, 0.2) is 18.5 Å². The summed E-state index contributed by atoms with van der Waals surface area (Å²) in [6, 6.07) is 1.85. The first kappa shape index (κ1) is 8.13. The van der Waals surface area contributed by atoms with Gasteiger partial charge in [-0.05, 0) is 17.2 Å². The minimum absolute atomic E-state index is 0.0193. The van der Waals surface area contributed by atoms with Crippen LogP contribution in [0.2, 0.25) is 0 Å². The summed E-state index contributed by atoms with van der Waals surface area (Å²) in [7, 11) is 0. The second-order valence-electron chi connectivity index (χ2n) is 2.24. The molecule has 4 heteroatoms. The summed E-state index contributed by atoms with van der Waals surface area (Å²) in [5.74, 6) is 5.11. The molecule has 0 atom stereocenters.